The van der Waals surface area contributed by atoms with Crippen LogP contribution in [0.1, 0.15) is 29.9 Å². The summed E-state index contributed by atoms with van der Waals surface area (Å²) in [6.07, 6.45) is 4.90. The molecule has 0 atom stereocenters. The number of carbonyl (C=O) groups excluding carboxylic acids is 1. The maximum atomic E-state index is 11.7. The normalized spacial score (nSPS) is 9.19. The van der Waals surface area contributed by atoms with E-state index < -0.39 is 0 Å². The van der Waals surface area contributed by atoms with Crippen molar-refractivity contribution >= 4 is 5.91 Å². The quantitative estimate of drug-likeness (QED) is 0.736. The van der Waals surface area contributed by atoms with Crippen LogP contribution in [0, 0.1) is 6.92 Å². The van der Waals surface area contributed by atoms with E-state index in [1.54, 1.807) is 36.8 Å². The van der Waals surface area contributed by atoms with E-state index in [2.05, 4.69) is 10.1 Å². The van der Waals surface area contributed by atoms with Gasteiger partial charge in [0, 0.05) is 12.4 Å². The number of rotatable bonds is 1. The molecule has 0 fully saturated rings. The first-order chi connectivity index (χ1) is 7.77. The van der Waals surface area contributed by atoms with E-state index in [9.17, 15) is 4.79 Å². The SMILES string of the molecule is CC.Cc1cnn(C(=O)c2ccccn2)c1. The summed E-state index contributed by atoms with van der Waals surface area (Å²) in [5.41, 5.74) is 1.35. The second-order valence-corrected chi connectivity index (χ2v) is 2.98. The third-order valence-electron chi connectivity index (χ3n) is 1.80. The molecule has 0 aliphatic carbocycles. The molecule has 0 spiro atoms. The summed E-state index contributed by atoms with van der Waals surface area (Å²) in [4.78, 5) is 15.7. The molecule has 0 radical (unpaired) electrons. The zero-order chi connectivity index (χ0) is 12.0. The Morgan fingerprint density at radius 2 is 2.06 bits per heavy atom. The third kappa shape index (κ3) is 2.76. The molecule has 0 unspecified atom stereocenters. The summed E-state index contributed by atoms with van der Waals surface area (Å²) in [5, 5.41) is 3.92. The maximum absolute atomic E-state index is 11.7. The van der Waals surface area contributed by atoms with E-state index in [-0.39, 0.29) is 5.91 Å². The van der Waals surface area contributed by atoms with Crippen LogP contribution in [0.3, 0.4) is 0 Å². The Balaban J connectivity index is 0.000000606. The molecule has 84 valence electrons. The number of carbonyl (C=O) groups is 1. The lowest BCUT2D eigenvalue weighted by Crippen LogP contribution is -2.13. The van der Waals surface area contributed by atoms with Gasteiger partial charge in [-0.05, 0) is 24.6 Å². The van der Waals surface area contributed by atoms with E-state index in [0.717, 1.165) is 5.56 Å². The predicted molar refractivity (Wildman–Crippen MR) is 62.3 cm³/mol. The lowest BCUT2D eigenvalue weighted by molar-refractivity contribution is 0.0940. The first kappa shape index (κ1) is 12.1. The van der Waals surface area contributed by atoms with E-state index >= 15 is 0 Å². The number of nitrogens with zero attached hydrogens (tertiary/aromatic N) is 3. The Hall–Kier alpha value is -1.97. The fourth-order valence-electron chi connectivity index (χ4n) is 1.13. The van der Waals surface area contributed by atoms with Crippen molar-refractivity contribution in [3.8, 4) is 0 Å². The van der Waals surface area contributed by atoms with Gasteiger partial charge in [0.15, 0.2) is 0 Å². The number of aromatic nitrogens is 3. The van der Waals surface area contributed by atoms with Crippen molar-refractivity contribution in [1.82, 2.24) is 14.8 Å². The summed E-state index contributed by atoms with van der Waals surface area (Å²) >= 11 is 0. The summed E-state index contributed by atoms with van der Waals surface area (Å²) in [6, 6.07) is 5.21. The van der Waals surface area contributed by atoms with Crippen LogP contribution in [0.25, 0.3) is 0 Å². The van der Waals surface area contributed by atoms with Crippen molar-refractivity contribution in [2.75, 3.05) is 0 Å². The average Bonchev–Trinajstić information content (AvgIpc) is 2.79. The number of pyridine rings is 1. The second-order valence-electron chi connectivity index (χ2n) is 2.98. The fraction of sp³-hybridized carbons (Fsp3) is 0.250. The molecule has 0 aromatic carbocycles. The van der Waals surface area contributed by atoms with E-state index in [1.807, 2.05) is 20.8 Å². The number of hydrogen-bond donors (Lipinski definition) is 0. The molecule has 4 nitrogen and oxygen atoms in total. The zero-order valence-corrected chi connectivity index (χ0v) is 9.71. The molecule has 0 saturated heterocycles. The molecule has 0 bridgehead atoms. The lowest BCUT2D eigenvalue weighted by atomic mass is 10.3. The molecule has 2 heterocycles. The molecule has 2 aromatic rings. The predicted octanol–water partition coefficient (Wildman–Crippen LogP) is 2.30. The highest BCUT2D eigenvalue weighted by atomic mass is 16.2. The minimum absolute atomic E-state index is 0.210. The number of aryl methyl sites for hydroxylation is 1. The van der Waals surface area contributed by atoms with Gasteiger partial charge in [0.05, 0.1) is 6.20 Å². The van der Waals surface area contributed by atoms with Gasteiger partial charge in [0.25, 0.3) is 5.91 Å². The summed E-state index contributed by atoms with van der Waals surface area (Å²) < 4.78 is 1.29. The lowest BCUT2D eigenvalue weighted by Gasteiger charge is -1.97. The highest BCUT2D eigenvalue weighted by molar-refractivity contribution is 5.93. The minimum Gasteiger partial charge on any atom is -0.265 e. The Labute approximate surface area is 94.9 Å². The van der Waals surface area contributed by atoms with Crippen LogP contribution in [0.5, 0.6) is 0 Å². The van der Waals surface area contributed by atoms with Crippen LogP contribution < -0.4 is 0 Å². The van der Waals surface area contributed by atoms with Crippen molar-refractivity contribution in [2.45, 2.75) is 20.8 Å². The van der Waals surface area contributed by atoms with Crippen LogP contribution in [-0.2, 0) is 0 Å². The standard InChI is InChI=1S/C10H9N3O.C2H6/c1-8-6-12-13(7-8)10(14)9-4-2-3-5-11-9;1-2/h2-7H,1H3;1-2H3. The fourth-order valence-corrected chi connectivity index (χ4v) is 1.13. The van der Waals surface area contributed by atoms with Crippen LogP contribution in [-0.4, -0.2) is 20.7 Å². The van der Waals surface area contributed by atoms with E-state index in [0.29, 0.717) is 5.69 Å². The maximum Gasteiger partial charge on any atom is 0.296 e. The second kappa shape index (κ2) is 5.80. The zero-order valence-electron chi connectivity index (χ0n) is 9.71. The van der Waals surface area contributed by atoms with Gasteiger partial charge in [0.2, 0.25) is 0 Å². The molecule has 0 amide bonds. The molecule has 2 aromatic heterocycles. The van der Waals surface area contributed by atoms with Gasteiger partial charge in [-0.2, -0.15) is 5.10 Å². The highest BCUT2D eigenvalue weighted by Crippen LogP contribution is 2.00. The molecule has 0 N–H and O–H groups in total. The van der Waals surface area contributed by atoms with Gasteiger partial charge in [0.1, 0.15) is 5.69 Å². The van der Waals surface area contributed by atoms with Gasteiger partial charge < -0.3 is 0 Å². The Bertz CT molecular complexity index is 448. The molecular weight excluding hydrogens is 202 g/mol. The van der Waals surface area contributed by atoms with Crippen molar-refractivity contribution in [3.05, 3.63) is 48.0 Å². The Kier molecular flexibility index (Phi) is 4.39. The summed E-state index contributed by atoms with van der Waals surface area (Å²) in [5.74, 6) is -0.210. The van der Waals surface area contributed by atoms with Crippen LogP contribution >= 0.6 is 0 Å². The van der Waals surface area contributed by atoms with Gasteiger partial charge in [-0.15, -0.1) is 0 Å². The topological polar surface area (TPSA) is 47.8 Å². The largest absolute Gasteiger partial charge is 0.296 e. The highest BCUT2D eigenvalue weighted by Gasteiger charge is 2.09. The van der Waals surface area contributed by atoms with Gasteiger partial charge in [-0.3, -0.25) is 9.78 Å². The van der Waals surface area contributed by atoms with Crippen molar-refractivity contribution < 1.29 is 4.79 Å². The molecule has 0 aliphatic rings. The Morgan fingerprint density at radius 1 is 1.31 bits per heavy atom. The average molecular weight is 217 g/mol. The first-order valence-electron chi connectivity index (χ1n) is 5.24. The minimum atomic E-state index is -0.210. The van der Waals surface area contributed by atoms with Crippen molar-refractivity contribution in [2.24, 2.45) is 0 Å². The van der Waals surface area contributed by atoms with Crippen LogP contribution in [0.4, 0.5) is 0 Å². The summed E-state index contributed by atoms with van der Waals surface area (Å²) in [6.45, 7) is 5.88. The molecule has 0 aliphatic heterocycles. The Morgan fingerprint density at radius 3 is 2.56 bits per heavy atom. The first-order valence-corrected chi connectivity index (χ1v) is 5.24. The molecule has 4 heteroatoms. The van der Waals surface area contributed by atoms with Gasteiger partial charge >= 0.3 is 0 Å². The van der Waals surface area contributed by atoms with E-state index in [1.165, 1.54) is 4.68 Å². The molecular formula is C12H15N3O. The summed E-state index contributed by atoms with van der Waals surface area (Å²) in [7, 11) is 0. The molecule has 2 rings (SSSR count). The third-order valence-corrected chi connectivity index (χ3v) is 1.80. The van der Waals surface area contributed by atoms with Crippen LogP contribution in [0.15, 0.2) is 36.8 Å². The van der Waals surface area contributed by atoms with E-state index in [4.69, 9.17) is 0 Å². The number of hydrogen-bond acceptors (Lipinski definition) is 3. The van der Waals surface area contributed by atoms with Gasteiger partial charge in [-0.25, -0.2) is 4.68 Å². The molecule has 16 heavy (non-hydrogen) atoms. The van der Waals surface area contributed by atoms with Crippen molar-refractivity contribution in [3.63, 3.8) is 0 Å². The molecule has 0 saturated carbocycles. The smallest absolute Gasteiger partial charge is 0.265 e. The van der Waals surface area contributed by atoms with Gasteiger partial charge in [-0.1, -0.05) is 19.9 Å². The van der Waals surface area contributed by atoms with Crippen LogP contribution in [0.2, 0.25) is 0 Å². The van der Waals surface area contributed by atoms with Crippen molar-refractivity contribution in [1.29, 1.82) is 0 Å². The monoisotopic (exact) mass is 217 g/mol.